The Labute approximate surface area is 89.0 Å². The molecule has 2 heterocycles. The third-order valence-corrected chi connectivity index (χ3v) is 3.55. The van der Waals surface area contributed by atoms with Gasteiger partial charge in [0.15, 0.2) is 0 Å². The number of nitrogens with two attached hydrogens (primary N) is 1. The molecule has 3 fully saturated rings. The molecule has 2 unspecified atom stereocenters. The standard InChI is InChI=1S/C10H17N3O2/c1-9(2)6-4-5-10(3,15-9)8(12-11)7(6)13-14/h6,14H,4-5,11H2,1-3H3. The van der Waals surface area contributed by atoms with E-state index < -0.39 is 5.60 Å². The van der Waals surface area contributed by atoms with Crippen molar-refractivity contribution in [3.8, 4) is 0 Å². The molecule has 15 heavy (non-hydrogen) atoms. The first-order chi connectivity index (χ1) is 6.94. The first-order valence-corrected chi connectivity index (χ1v) is 5.15. The summed E-state index contributed by atoms with van der Waals surface area (Å²) < 4.78 is 5.99. The van der Waals surface area contributed by atoms with E-state index in [0.717, 1.165) is 12.8 Å². The lowest BCUT2D eigenvalue weighted by atomic mass is 9.66. The number of hydrazone groups is 1. The van der Waals surface area contributed by atoms with Crippen molar-refractivity contribution in [3.05, 3.63) is 0 Å². The molecule has 5 heteroatoms. The molecule has 84 valence electrons. The molecule has 0 spiro atoms. The molecule has 3 rings (SSSR count). The molecule has 5 nitrogen and oxygen atoms in total. The van der Waals surface area contributed by atoms with Crippen LogP contribution in [-0.2, 0) is 4.74 Å². The molecule has 1 aliphatic carbocycles. The van der Waals surface area contributed by atoms with Gasteiger partial charge < -0.3 is 15.8 Å². The first kappa shape index (κ1) is 10.4. The fourth-order valence-electron chi connectivity index (χ4n) is 2.86. The molecule has 1 saturated carbocycles. The van der Waals surface area contributed by atoms with Gasteiger partial charge in [-0.2, -0.15) is 5.10 Å². The highest BCUT2D eigenvalue weighted by Gasteiger charge is 2.56. The lowest BCUT2D eigenvalue weighted by Crippen LogP contribution is -2.64. The van der Waals surface area contributed by atoms with Crippen LogP contribution in [0, 0.1) is 5.92 Å². The second-order valence-electron chi connectivity index (χ2n) is 4.99. The Balaban J connectivity index is 2.52. The highest BCUT2D eigenvalue weighted by atomic mass is 16.5. The molecule has 0 aromatic carbocycles. The van der Waals surface area contributed by atoms with E-state index >= 15 is 0 Å². The summed E-state index contributed by atoms with van der Waals surface area (Å²) in [5.74, 6) is 5.42. The van der Waals surface area contributed by atoms with Crippen molar-refractivity contribution in [1.29, 1.82) is 0 Å². The molecular weight excluding hydrogens is 194 g/mol. The van der Waals surface area contributed by atoms with Crippen LogP contribution in [0.2, 0.25) is 0 Å². The van der Waals surface area contributed by atoms with Gasteiger partial charge in [0.1, 0.15) is 17.0 Å². The van der Waals surface area contributed by atoms with E-state index in [-0.39, 0.29) is 11.5 Å². The minimum Gasteiger partial charge on any atom is -0.411 e. The summed E-state index contributed by atoms with van der Waals surface area (Å²) in [6, 6.07) is 0. The number of oxime groups is 1. The van der Waals surface area contributed by atoms with Crippen LogP contribution in [0.5, 0.6) is 0 Å². The minimum absolute atomic E-state index is 0.0756. The zero-order valence-corrected chi connectivity index (χ0v) is 9.32. The zero-order chi connectivity index (χ0) is 11.3. The van der Waals surface area contributed by atoms with Crippen LogP contribution >= 0.6 is 0 Å². The molecule has 3 aliphatic rings. The van der Waals surface area contributed by atoms with Crippen molar-refractivity contribution in [3.63, 3.8) is 0 Å². The third-order valence-electron chi connectivity index (χ3n) is 3.55. The van der Waals surface area contributed by atoms with Gasteiger partial charge in [-0.15, -0.1) is 0 Å². The Morgan fingerprint density at radius 1 is 1.47 bits per heavy atom. The van der Waals surface area contributed by atoms with Crippen LogP contribution in [0.3, 0.4) is 0 Å². The minimum atomic E-state index is -0.505. The zero-order valence-electron chi connectivity index (χ0n) is 9.32. The highest BCUT2D eigenvalue weighted by Crippen LogP contribution is 2.46. The summed E-state index contributed by atoms with van der Waals surface area (Å²) in [6.45, 7) is 5.96. The Kier molecular flexibility index (Phi) is 2.05. The lowest BCUT2D eigenvalue weighted by molar-refractivity contribution is -0.154. The normalized spacial score (nSPS) is 43.8. The molecule has 0 radical (unpaired) electrons. The molecule has 0 aromatic heterocycles. The van der Waals surface area contributed by atoms with Gasteiger partial charge >= 0.3 is 0 Å². The fraction of sp³-hybridized carbons (Fsp3) is 0.800. The number of hydrogen-bond acceptors (Lipinski definition) is 5. The Hall–Kier alpha value is -1.10. The molecule has 2 atom stereocenters. The van der Waals surface area contributed by atoms with Crippen molar-refractivity contribution in [1.82, 2.24) is 0 Å². The predicted octanol–water partition coefficient (Wildman–Crippen LogP) is 1.11. The van der Waals surface area contributed by atoms with Crippen molar-refractivity contribution in [2.24, 2.45) is 22.0 Å². The first-order valence-electron chi connectivity index (χ1n) is 5.15. The van der Waals surface area contributed by atoms with Gasteiger partial charge in [0.05, 0.1) is 5.60 Å². The average molecular weight is 211 g/mol. The molecule has 2 aliphatic heterocycles. The maximum atomic E-state index is 9.06. The van der Waals surface area contributed by atoms with Crippen molar-refractivity contribution in [2.75, 3.05) is 0 Å². The van der Waals surface area contributed by atoms with E-state index in [4.69, 9.17) is 15.8 Å². The van der Waals surface area contributed by atoms with E-state index in [1.165, 1.54) is 0 Å². The van der Waals surface area contributed by atoms with Crippen LogP contribution in [-0.4, -0.2) is 27.8 Å². The third kappa shape index (κ3) is 1.26. The number of fused-ring (bicyclic) bond motifs is 3. The predicted molar refractivity (Wildman–Crippen MR) is 57.1 cm³/mol. The maximum absolute atomic E-state index is 9.06. The van der Waals surface area contributed by atoms with Crippen LogP contribution in [0.15, 0.2) is 10.3 Å². The van der Waals surface area contributed by atoms with Gasteiger partial charge in [-0.1, -0.05) is 5.16 Å². The smallest absolute Gasteiger partial charge is 0.117 e. The van der Waals surface area contributed by atoms with Crippen LogP contribution in [0.1, 0.15) is 33.6 Å². The molecule has 3 N–H and O–H groups in total. The maximum Gasteiger partial charge on any atom is 0.117 e. The SMILES string of the molecule is CC12CCC(C(=NO)C1=NN)C(C)(C)O2. The van der Waals surface area contributed by atoms with E-state index in [0.29, 0.717) is 11.4 Å². The number of rotatable bonds is 0. The second kappa shape index (κ2) is 2.95. The second-order valence-corrected chi connectivity index (χ2v) is 4.99. The molecule has 0 amide bonds. The van der Waals surface area contributed by atoms with Crippen molar-refractivity contribution in [2.45, 2.75) is 44.8 Å². The van der Waals surface area contributed by atoms with Crippen molar-refractivity contribution < 1.29 is 9.94 Å². The van der Waals surface area contributed by atoms with E-state index in [1.54, 1.807) is 0 Å². The molecule has 0 aromatic rings. The monoisotopic (exact) mass is 211 g/mol. The highest BCUT2D eigenvalue weighted by molar-refractivity contribution is 6.47. The molecule has 2 bridgehead atoms. The van der Waals surface area contributed by atoms with Gasteiger partial charge in [0.25, 0.3) is 0 Å². The lowest BCUT2D eigenvalue weighted by Gasteiger charge is -2.53. The van der Waals surface area contributed by atoms with Crippen LogP contribution < -0.4 is 5.84 Å². The quantitative estimate of drug-likeness (QED) is 0.358. The van der Waals surface area contributed by atoms with Gasteiger partial charge in [0.2, 0.25) is 0 Å². The molecular formula is C10H17N3O2. The van der Waals surface area contributed by atoms with E-state index in [1.807, 2.05) is 20.8 Å². The van der Waals surface area contributed by atoms with Gasteiger partial charge in [-0.25, -0.2) is 0 Å². The van der Waals surface area contributed by atoms with Crippen LogP contribution in [0.25, 0.3) is 0 Å². The molecule has 2 saturated heterocycles. The Bertz CT molecular complexity index is 349. The Morgan fingerprint density at radius 3 is 2.60 bits per heavy atom. The van der Waals surface area contributed by atoms with Gasteiger partial charge in [-0.3, -0.25) is 0 Å². The van der Waals surface area contributed by atoms with E-state index in [9.17, 15) is 0 Å². The summed E-state index contributed by atoms with van der Waals surface area (Å²) in [4.78, 5) is 0. The fourth-order valence-corrected chi connectivity index (χ4v) is 2.86. The summed E-state index contributed by atoms with van der Waals surface area (Å²) in [7, 11) is 0. The van der Waals surface area contributed by atoms with Gasteiger partial charge in [0, 0.05) is 5.92 Å². The van der Waals surface area contributed by atoms with Crippen LogP contribution in [0.4, 0.5) is 0 Å². The van der Waals surface area contributed by atoms with E-state index in [2.05, 4.69) is 10.3 Å². The summed E-state index contributed by atoms with van der Waals surface area (Å²) in [6.07, 6.45) is 1.82. The summed E-state index contributed by atoms with van der Waals surface area (Å²) in [5.41, 5.74) is 0.347. The average Bonchev–Trinajstić information content (AvgIpc) is 2.14. The van der Waals surface area contributed by atoms with Crippen molar-refractivity contribution >= 4 is 11.4 Å². The largest absolute Gasteiger partial charge is 0.411 e. The Morgan fingerprint density at radius 2 is 2.13 bits per heavy atom. The summed E-state index contributed by atoms with van der Waals surface area (Å²) >= 11 is 0. The summed E-state index contributed by atoms with van der Waals surface area (Å²) in [5, 5.41) is 16.1. The number of ether oxygens (including phenoxy) is 1. The topological polar surface area (TPSA) is 80.2 Å². The number of nitrogens with zero attached hydrogens (tertiary/aromatic N) is 2. The van der Waals surface area contributed by atoms with Gasteiger partial charge in [-0.05, 0) is 33.6 Å². The number of hydrogen-bond donors (Lipinski definition) is 2.